The van der Waals surface area contributed by atoms with Crippen molar-refractivity contribution in [2.75, 3.05) is 6.61 Å². The van der Waals surface area contributed by atoms with E-state index < -0.39 is 5.82 Å². The summed E-state index contributed by atoms with van der Waals surface area (Å²) in [7, 11) is 0. The minimum atomic E-state index is -0.396. The monoisotopic (exact) mass is 189 g/mol. The Kier molecular flexibility index (Phi) is 3.44. The second-order valence-electron chi connectivity index (χ2n) is 2.43. The Hall–Kier alpha value is -0.670. The Bertz CT molecular complexity index is 267. The normalized spacial score (nSPS) is 10.2. The smallest absolute Gasteiger partial charge is 0.141 e. The van der Waals surface area contributed by atoms with Crippen LogP contribution in [0.25, 0.3) is 0 Å². The van der Waals surface area contributed by atoms with Gasteiger partial charge in [0, 0.05) is 6.61 Å². The lowest BCUT2D eigenvalue weighted by atomic mass is 10.2. The maximum Gasteiger partial charge on any atom is 0.141 e. The molecule has 0 atom stereocenters. The first-order valence-electron chi connectivity index (χ1n) is 3.65. The molecule has 0 aromatic carbocycles. The van der Waals surface area contributed by atoms with Crippen molar-refractivity contribution in [3.63, 3.8) is 0 Å². The van der Waals surface area contributed by atoms with Crippen LogP contribution in [-0.4, -0.2) is 16.7 Å². The van der Waals surface area contributed by atoms with Gasteiger partial charge in [-0.3, -0.25) is 0 Å². The summed E-state index contributed by atoms with van der Waals surface area (Å²) < 4.78 is 12.6. The average Bonchev–Trinajstić information content (AvgIpc) is 2.07. The summed E-state index contributed by atoms with van der Waals surface area (Å²) in [6.45, 7) is 0.0762. The molecule has 1 aromatic rings. The molecular weight excluding hydrogens is 181 g/mol. The van der Waals surface area contributed by atoms with Crippen LogP contribution in [-0.2, 0) is 6.42 Å². The summed E-state index contributed by atoms with van der Waals surface area (Å²) in [5, 5.41) is 8.84. The van der Waals surface area contributed by atoms with Gasteiger partial charge >= 0.3 is 0 Å². The minimum absolute atomic E-state index is 0.0762. The van der Waals surface area contributed by atoms with E-state index in [1.54, 1.807) is 0 Å². The van der Waals surface area contributed by atoms with Crippen LogP contribution in [0.2, 0.25) is 5.15 Å². The van der Waals surface area contributed by atoms with E-state index in [-0.39, 0.29) is 6.61 Å². The second kappa shape index (κ2) is 4.38. The molecule has 1 aromatic heterocycles. The number of pyridine rings is 1. The van der Waals surface area contributed by atoms with Gasteiger partial charge in [0.25, 0.3) is 0 Å². The third kappa shape index (κ3) is 2.43. The van der Waals surface area contributed by atoms with Crippen molar-refractivity contribution in [3.05, 3.63) is 28.8 Å². The summed E-state index contributed by atoms with van der Waals surface area (Å²) in [6.07, 6.45) is 2.20. The number of nitrogens with zero attached hydrogens (tertiary/aromatic N) is 1. The summed E-state index contributed by atoms with van der Waals surface area (Å²) in [4.78, 5) is 3.64. The SMILES string of the molecule is OCCCc1cc(F)cnc1Cl. The van der Waals surface area contributed by atoms with Crippen molar-refractivity contribution in [2.24, 2.45) is 0 Å². The summed E-state index contributed by atoms with van der Waals surface area (Å²) in [5.74, 6) is -0.396. The lowest BCUT2D eigenvalue weighted by Crippen LogP contribution is -1.93. The Morgan fingerprint density at radius 3 is 3.00 bits per heavy atom. The molecule has 0 aliphatic rings. The molecule has 0 bridgehead atoms. The summed E-state index contributed by atoms with van der Waals surface area (Å²) >= 11 is 5.67. The van der Waals surface area contributed by atoms with Gasteiger partial charge in [-0.15, -0.1) is 0 Å². The van der Waals surface area contributed by atoms with Crippen LogP contribution in [0.1, 0.15) is 12.0 Å². The number of aliphatic hydroxyl groups is 1. The molecule has 0 spiro atoms. The third-order valence-electron chi connectivity index (χ3n) is 1.48. The molecular formula is C8H9ClFNO. The van der Waals surface area contributed by atoms with Crippen molar-refractivity contribution in [1.29, 1.82) is 0 Å². The molecule has 0 unspecified atom stereocenters. The molecule has 0 aliphatic carbocycles. The third-order valence-corrected chi connectivity index (χ3v) is 1.82. The van der Waals surface area contributed by atoms with Crippen LogP contribution in [0.3, 0.4) is 0 Å². The Morgan fingerprint density at radius 1 is 1.58 bits per heavy atom. The predicted molar refractivity (Wildman–Crippen MR) is 44.6 cm³/mol. The van der Waals surface area contributed by atoms with Gasteiger partial charge in [-0.2, -0.15) is 0 Å². The Balaban J connectivity index is 2.75. The highest BCUT2D eigenvalue weighted by Gasteiger charge is 2.02. The van der Waals surface area contributed by atoms with Crippen LogP contribution in [0.4, 0.5) is 4.39 Å². The van der Waals surface area contributed by atoms with Crippen molar-refractivity contribution >= 4 is 11.6 Å². The Labute approximate surface area is 75.0 Å². The zero-order chi connectivity index (χ0) is 8.97. The summed E-state index contributed by atoms with van der Waals surface area (Å²) in [6, 6.07) is 1.34. The van der Waals surface area contributed by atoms with Crippen LogP contribution < -0.4 is 0 Å². The maximum absolute atomic E-state index is 12.6. The van der Waals surface area contributed by atoms with Crippen molar-refractivity contribution in [2.45, 2.75) is 12.8 Å². The zero-order valence-electron chi connectivity index (χ0n) is 6.43. The van der Waals surface area contributed by atoms with Crippen LogP contribution in [0.5, 0.6) is 0 Å². The van der Waals surface area contributed by atoms with Crippen LogP contribution in [0.15, 0.2) is 12.3 Å². The van der Waals surface area contributed by atoms with E-state index in [9.17, 15) is 4.39 Å². The highest BCUT2D eigenvalue weighted by molar-refractivity contribution is 6.30. The number of hydrogen-bond acceptors (Lipinski definition) is 2. The van der Waals surface area contributed by atoms with Gasteiger partial charge < -0.3 is 5.11 Å². The molecule has 0 radical (unpaired) electrons. The number of hydrogen-bond donors (Lipinski definition) is 1. The second-order valence-corrected chi connectivity index (χ2v) is 2.79. The first-order chi connectivity index (χ1) is 5.74. The Morgan fingerprint density at radius 2 is 2.33 bits per heavy atom. The highest BCUT2D eigenvalue weighted by Crippen LogP contribution is 2.15. The predicted octanol–water partition coefficient (Wildman–Crippen LogP) is 1.80. The molecule has 0 aliphatic heterocycles. The molecule has 66 valence electrons. The molecule has 4 heteroatoms. The standard InChI is InChI=1S/C8H9ClFNO/c9-8-6(2-1-3-12)4-7(10)5-11-8/h4-5,12H,1-3H2. The van der Waals surface area contributed by atoms with Gasteiger partial charge in [-0.1, -0.05) is 11.6 Å². The van der Waals surface area contributed by atoms with E-state index in [0.29, 0.717) is 23.6 Å². The largest absolute Gasteiger partial charge is 0.396 e. The number of aliphatic hydroxyl groups excluding tert-OH is 1. The fourth-order valence-electron chi connectivity index (χ4n) is 0.909. The fourth-order valence-corrected chi connectivity index (χ4v) is 1.11. The number of aryl methyl sites for hydroxylation is 1. The van der Waals surface area contributed by atoms with Gasteiger partial charge in [-0.25, -0.2) is 9.37 Å². The van der Waals surface area contributed by atoms with E-state index in [2.05, 4.69) is 4.98 Å². The minimum Gasteiger partial charge on any atom is -0.396 e. The number of halogens is 2. The van der Waals surface area contributed by atoms with E-state index in [4.69, 9.17) is 16.7 Å². The molecule has 1 N–H and O–H groups in total. The highest BCUT2D eigenvalue weighted by atomic mass is 35.5. The lowest BCUT2D eigenvalue weighted by Gasteiger charge is -2.00. The number of rotatable bonds is 3. The fraction of sp³-hybridized carbons (Fsp3) is 0.375. The first kappa shape index (κ1) is 9.42. The quantitative estimate of drug-likeness (QED) is 0.736. The van der Waals surface area contributed by atoms with Crippen LogP contribution in [0, 0.1) is 5.82 Å². The van der Waals surface area contributed by atoms with Crippen molar-refractivity contribution in [1.82, 2.24) is 4.98 Å². The van der Waals surface area contributed by atoms with E-state index in [0.717, 1.165) is 6.20 Å². The lowest BCUT2D eigenvalue weighted by molar-refractivity contribution is 0.288. The number of aromatic nitrogens is 1. The molecule has 1 heterocycles. The molecule has 2 nitrogen and oxygen atoms in total. The first-order valence-corrected chi connectivity index (χ1v) is 4.02. The molecule has 12 heavy (non-hydrogen) atoms. The molecule has 0 saturated carbocycles. The van der Waals surface area contributed by atoms with E-state index >= 15 is 0 Å². The maximum atomic E-state index is 12.6. The van der Waals surface area contributed by atoms with Gasteiger partial charge in [-0.05, 0) is 24.5 Å². The molecule has 0 fully saturated rings. The summed E-state index contributed by atoms with van der Waals surface area (Å²) in [5.41, 5.74) is 0.644. The van der Waals surface area contributed by atoms with Gasteiger partial charge in [0.15, 0.2) is 0 Å². The molecule has 1 rings (SSSR count). The van der Waals surface area contributed by atoms with Gasteiger partial charge in [0.1, 0.15) is 11.0 Å². The molecule has 0 amide bonds. The van der Waals surface area contributed by atoms with E-state index in [1.807, 2.05) is 0 Å². The van der Waals surface area contributed by atoms with Crippen LogP contribution >= 0.6 is 11.6 Å². The van der Waals surface area contributed by atoms with Crippen molar-refractivity contribution < 1.29 is 9.50 Å². The van der Waals surface area contributed by atoms with Crippen molar-refractivity contribution in [3.8, 4) is 0 Å². The topological polar surface area (TPSA) is 33.1 Å². The molecule has 0 saturated heterocycles. The van der Waals surface area contributed by atoms with Gasteiger partial charge in [0.05, 0.1) is 6.20 Å². The average molecular weight is 190 g/mol. The van der Waals surface area contributed by atoms with Gasteiger partial charge in [0.2, 0.25) is 0 Å². The zero-order valence-corrected chi connectivity index (χ0v) is 7.18. The van der Waals surface area contributed by atoms with E-state index in [1.165, 1.54) is 6.07 Å².